The minimum atomic E-state index is -0.904. The maximum atomic E-state index is 14.1. The molecular formula is C27H34N4O3. The number of amides is 3. The lowest BCUT2D eigenvalue weighted by atomic mass is 9.88. The van der Waals surface area contributed by atoms with E-state index in [9.17, 15) is 14.4 Å². The molecule has 2 heterocycles. The van der Waals surface area contributed by atoms with Crippen LogP contribution in [0.1, 0.15) is 56.8 Å². The topological polar surface area (TPSA) is 91.4 Å². The van der Waals surface area contributed by atoms with Gasteiger partial charge in [-0.05, 0) is 73.8 Å². The van der Waals surface area contributed by atoms with E-state index >= 15 is 0 Å². The van der Waals surface area contributed by atoms with Gasteiger partial charge < -0.3 is 15.5 Å². The zero-order chi connectivity index (χ0) is 24.4. The molecule has 1 fully saturated rings. The normalized spacial score (nSPS) is 21.5. The van der Waals surface area contributed by atoms with Crippen molar-refractivity contribution in [1.82, 2.24) is 20.5 Å². The second-order valence-electron chi connectivity index (χ2n) is 10.2. The number of carbonyl (C=O) groups is 3. The van der Waals surface area contributed by atoms with E-state index in [0.29, 0.717) is 12.0 Å². The highest BCUT2D eigenvalue weighted by Gasteiger charge is 2.49. The first-order valence-electron chi connectivity index (χ1n) is 12.2. The molecule has 180 valence electrons. The van der Waals surface area contributed by atoms with E-state index < -0.39 is 18.1 Å². The average Bonchev–Trinajstić information content (AvgIpc) is 3.22. The molecule has 2 N–H and O–H groups in total. The first kappa shape index (κ1) is 23.9. The molecule has 1 aliphatic carbocycles. The Hall–Kier alpha value is -3.22. The van der Waals surface area contributed by atoms with Gasteiger partial charge in [0.2, 0.25) is 17.7 Å². The number of nitrogens with zero attached hydrogens (tertiary/aromatic N) is 2. The summed E-state index contributed by atoms with van der Waals surface area (Å²) < 4.78 is 0. The molecule has 1 aliphatic heterocycles. The fourth-order valence-electron chi connectivity index (χ4n) is 5.22. The number of aromatic nitrogens is 1. The van der Waals surface area contributed by atoms with Crippen molar-refractivity contribution in [1.29, 1.82) is 0 Å². The highest BCUT2D eigenvalue weighted by molar-refractivity contribution is 6.00. The van der Waals surface area contributed by atoms with E-state index in [1.54, 1.807) is 29.4 Å². The monoisotopic (exact) mass is 462 g/mol. The maximum Gasteiger partial charge on any atom is 0.247 e. The molecule has 0 spiro atoms. The van der Waals surface area contributed by atoms with Gasteiger partial charge in [-0.25, -0.2) is 0 Å². The molecule has 0 saturated carbocycles. The summed E-state index contributed by atoms with van der Waals surface area (Å²) >= 11 is 0. The SMILES string of the molecule is CC(C)C[C@@H]1C(=O)NC(C2Cc3ccccc3C2)C(=O)N1[C@@H](C(=O)NC(C)C)c1ccncc1. The smallest absolute Gasteiger partial charge is 0.247 e. The summed E-state index contributed by atoms with van der Waals surface area (Å²) in [5.74, 6) is -0.534. The largest absolute Gasteiger partial charge is 0.352 e. The van der Waals surface area contributed by atoms with Gasteiger partial charge in [-0.15, -0.1) is 0 Å². The van der Waals surface area contributed by atoms with E-state index in [4.69, 9.17) is 0 Å². The highest BCUT2D eigenvalue weighted by atomic mass is 16.2. The summed E-state index contributed by atoms with van der Waals surface area (Å²) in [4.78, 5) is 46.7. The Kier molecular flexibility index (Phi) is 7.00. The molecular weight excluding hydrogens is 428 g/mol. The number of fused-ring (bicyclic) bond motifs is 1. The molecule has 4 rings (SSSR count). The molecule has 0 radical (unpaired) electrons. The molecule has 7 heteroatoms. The predicted octanol–water partition coefficient (Wildman–Crippen LogP) is 2.80. The number of piperazine rings is 1. The van der Waals surface area contributed by atoms with Crippen LogP contribution in [-0.2, 0) is 27.2 Å². The number of benzene rings is 1. The van der Waals surface area contributed by atoms with Crippen LogP contribution in [0.2, 0.25) is 0 Å². The van der Waals surface area contributed by atoms with Crippen molar-refractivity contribution in [3.63, 3.8) is 0 Å². The minimum Gasteiger partial charge on any atom is -0.352 e. The molecule has 7 nitrogen and oxygen atoms in total. The van der Waals surface area contributed by atoms with Crippen LogP contribution < -0.4 is 10.6 Å². The standard InChI is InChI=1S/C27H34N4O3/c1-16(2)13-22-25(32)30-23(21-14-19-7-5-6-8-20(19)15-21)27(34)31(22)24(26(33)29-17(3)4)18-9-11-28-12-10-18/h5-12,16-17,21-24H,13-15H2,1-4H3,(H,29,33)(H,30,32)/t22-,23?,24-/m1/s1. The van der Waals surface area contributed by atoms with Crippen LogP contribution in [0.15, 0.2) is 48.8 Å². The fraction of sp³-hybridized carbons (Fsp3) is 0.481. The second-order valence-corrected chi connectivity index (χ2v) is 10.2. The van der Waals surface area contributed by atoms with Crippen LogP contribution in [-0.4, -0.2) is 45.7 Å². The van der Waals surface area contributed by atoms with Gasteiger partial charge in [0.1, 0.15) is 18.1 Å². The Bertz CT molecular complexity index is 1030. The Balaban J connectivity index is 1.73. The first-order chi connectivity index (χ1) is 16.3. The van der Waals surface area contributed by atoms with Gasteiger partial charge >= 0.3 is 0 Å². The lowest BCUT2D eigenvalue weighted by molar-refractivity contribution is -0.158. The summed E-state index contributed by atoms with van der Waals surface area (Å²) in [6, 6.07) is 9.27. The van der Waals surface area contributed by atoms with Crippen molar-refractivity contribution in [2.45, 2.75) is 71.1 Å². The number of pyridine rings is 1. The van der Waals surface area contributed by atoms with Gasteiger partial charge in [0.15, 0.2) is 0 Å². The third-order valence-electron chi connectivity index (χ3n) is 6.68. The van der Waals surface area contributed by atoms with Crippen LogP contribution in [0.3, 0.4) is 0 Å². The van der Waals surface area contributed by atoms with Crippen molar-refractivity contribution >= 4 is 17.7 Å². The van der Waals surface area contributed by atoms with Gasteiger partial charge in [-0.3, -0.25) is 19.4 Å². The molecule has 3 atom stereocenters. The number of hydrogen-bond acceptors (Lipinski definition) is 4. The molecule has 2 aromatic rings. The predicted molar refractivity (Wildman–Crippen MR) is 130 cm³/mol. The molecule has 1 aromatic carbocycles. The van der Waals surface area contributed by atoms with Crippen LogP contribution in [0, 0.1) is 11.8 Å². The molecule has 0 bridgehead atoms. The van der Waals surface area contributed by atoms with Gasteiger partial charge in [0.25, 0.3) is 0 Å². The average molecular weight is 463 g/mol. The van der Waals surface area contributed by atoms with E-state index in [2.05, 4.69) is 27.8 Å². The van der Waals surface area contributed by atoms with Gasteiger partial charge in [-0.2, -0.15) is 0 Å². The number of hydrogen-bond donors (Lipinski definition) is 2. The zero-order valence-electron chi connectivity index (χ0n) is 20.3. The van der Waals surface area contributed by atoms with Crippen LogP contribution in [0.5, 0.6) is 0 Å². The highest BCUT2D eigenvalue weighted by Crippen LogP contribution is 2.35. The quantitative estimate of drug-likeness (QED) is 0.662. The van der Waals surface area contributed by atoms with E-state index in [1.165, 1.54) is 11.1 Å². The lowest BCUT2D eigenvalue weighted by Crippen LogP contribution is -2.67. The summed E-state index contributed by atoms with van der Waals surface area (Å²) in [5.41, 5.74) is 3.08. The van der Waals surface area contributed by atoms with E-state index in [1.807, 2.05) is 39.8 Å². The van der Waals surface area contributed by atoms with Crippen LogP contribution in [0.25, 0.3) is 0 Å². The van der Waals surface area contributed by atoms with Crippen LogP contribution >= 0.6 is 0 Å². The lowest BCUT2D eigenvalue weighted by Gasteiger charge is -2.45. The van der Waals surface area contributed by atoms with E-state index in [-0.39, 0.29) is 35.6 Å². The molecule has 2 aliphatic rings. The molecule has 34 heavy (non-hydrogen) atoms. The Morgan fingerprint density at radius 2 is 1.68 bits per heavy atom. The number of rotatable bonds is 7. The zero-order valence-corrected chi connectivity index (χ0v) is 20.3. The summed E-state index contributed by atoms with van der Waals surface area (Å²) in [6.45, 7) is 7.81. The number of nitrogens with one attached hydrogen (secondary N) is 2. The van der Waals surface area contributed by atoms with Crippen molar-refractivity contribution < 1.29 is 14.4 Å². The number of carbonyl (C=O) groups excluding carboxylic acids is 3. The molecule has 3 amide bonds. The molecule has 1 aromatic heterocycles. The van der Waals surface area contributed by atoms with Gasteiger partial charge in [-0.1, -0.05) is 38.1 Å². The van der Waals surface area contributed by atoms with Gasteiger partial charge in [0.05, 0.1) is 0 Å². The third-order valence-corrected chi connectivity index (χ3v) is 6.68. The van der Waals surface area contributed by atoms with Crippen molar-refractivity contribution in [2.75, 3.05) is 0 Å². The van der Waals surface area contributed by atoms with Crippen LogP contribution in [0.4, 0.5) is 0 Å². The summed E-state index contributed by atoms with van der Waals surface area (Å²) in [7, 11) is 0. The minimum absolute atomic E-state index is 0.0393. The Morgan fingerprint density at radius 1 is 1.06 bits per heavy atom. The molecule has 1 saturated heterocycles. The molecule has 1 unspecified atom stereocenters. The van der Waals surface area contributed by atoms with E-state index in [0.717, 1.165) is 12.8 Å². The summed E-state index contributed by atoms with van der Waals surface area (Å²) in [5, 5.41) is 6.00. The maximum absolute atomic E-state index is 14.1. The second kappa shape index (κ2) is 9.95. The first-order valence-corrected chi connectivity index (χ1v) is 12.2. The Labute approximate surface area is 201 Å². The Morgan fingerprint density at radius 3 is 2.24 bits per heavy atom. The summed E-state index contributed by atoms with van der Waals surface area (Å²) in [6.07, 6.45) is 5.16. The van der Waals surface area contributed by atoms with Gasteiger partial charge in [0, 0.05) is 18.4 Å². The van der Waals surface area contributed by atoms with Crippen molar-refractivity contribution in [3.8, 4) is 0 Å². The third kappa shape index (κ3) is 4.83. The fourth-order valence-corrected chi connectivity index (χ4v) is 5.22. The van der Waals surface area contributed by atoms with Crippen molar-refractivity contribution in [2.24, 2.45) is 11.8 Å². The van der Waals surface area contributed by atoms with Crippen molar-refractivity contribution in [3.05, 3.63) is 65.5 Å².